The van der Waals surface area contributed by atoms with Crippen LogP contribution in [0.5, 0.6) is 0 Å². The first kappa shape index (κ1) is 14.3. The highest BCUT2D eigenvalue weighted by molar-refractivity contribution is 5.80. The molecule has 1 heterocycles. The fourth-order valence-electron chi connectivity index (χ4n) is 2.44. The van der Waals surface area contributed by atoms with Gasteiger partial charge in [0.15, 0.2) is 0 Å². The van der Waals surface area contributed by atoms with Gasteiger partial charge in [-0.15, -0.1) is 5.10 Å². The molecule has 112 valence electrons. The van der Waals surface area contributed by atoms with Crippen molar-refractivity contribution in [3.05, 3.63) is 60.2 Å². The highest BCUT2D eigenvalue weighted by Crippen LogP contribution is 2.19. The Labute approximate surface area is 129 Å². The van der Waals surface area contributed by atoms with E-state index in [1.54, 1.807) is 9.58 Å². The Morgan fingerprint density at radius 2 is 1.82 bits per heavy atom. The lowest BCUT2D eigenvalue weighted by molar-refractivity contribution is -0.132. The number of fused-ring (bicyclic) bond motifs is 1. The highest BCUT2D eigenvalue weighted by atomic mass is 16.2. The second kappa shape index (κ2) is 5.97. The maximum Gasteiger partial charge on any atom is 0.244 e. The Hall–Kier alpha value is -2.69. The number of aromatic nitrogens is 3. The second-order valence-corrected chi connectivity index (χ2v) is 5.33. The van der Waals surface area contributed by atoms with Crippen LogP contribution in [-0.4, -0.2) is 32.8 Å². The number of carbonyl (C=O) groups excluding carboxylic acids is 1. The number of amides is 1. The van der Waals surface area contributed by atoms with Gasteiger partial charge in [0, 0.05) is 7.05 Å². The van der Waals surface area contributed by atoms with Crippen molar-refractivity contribution in [2.45, 2.75) is 19.5 Å². The van der Waals surface area contributed by atoms with Gasteiger partial charge in [0.2, 0.25) is 5.91 Å². The number of rotatable bonds is 4. The van der Waals surface area contributed by atoms with Crippen LogP contribution < -0.4 is 0 Å². The molecule has 1 atom stereocenters. The van der Waals surface area contributed by atoms with Crippen molar-refractivity contribution in [1.29, 1.82) is 0 Å². The lowest BCUT2D eigenvalue weighted by Gasteiger charge is -2.25. The van der Waals surface area contributed by atoms with Crippen molar-refractivity contribution in [2.24, 2.45) is 0 Å². The van der Waals surface area contributed by atoms with Crippen LogP contribution in [0.3, 0.4) is 0 Å². The molecule has 1 aromatic heterocycles. The molecule has 3 aromatic rings. The first-order valence-corrected chi connectivity index (χ1v) is 7.25. The van der Waals surface area contributed by atoms with Crippen molar-refractivity contribution >= 4 is 16.9 Å². The Morgan fingerprint density at radius 3 is 2.59 bits per heavy atom. The van der Waals surface area contributed by atoms with Gasteiger partial charge < -0.3 is 4.90 Å². The summed E-state index contributed by atoms with van der Waals surface area (Å²) < 4.78 is 1.64. The number of nitrogens with zero attached hydrogens (tertiary/aromatic N) is 4. The number of hydrogen-bond acceptors (Lipinski definition) is 3. The molecule has 3 rings (SSSR count). The summed E-state index contributed by atoms with van der Waals surface area (Å²) in [4.78, 5) is 14.2. The van der Waals surface area contributed by atoms with E-state index in [9.17, 15) is 4.79 Å². The van der Waals surface area contributed by atoms with Gasteiger partial charge in [-0.2, -0.15) is 0 Å². The maximum absolute atomic E-state index is 12.5. The highest BCUT2D eigenvalue weighted by Gasteiger charge is 2.18. The van der Waals surface area contributed by atoms with E-state index >= 15 is 0 Å². The lowest BCUT2D eigenvalue weighted by atomic mass is 10.1. The average molecular weight is 294 g/mol. The minimum absolute atomic E-state index is 0.00649. The van der Waals surface area contributed by atoms with Crippen LogP contribution in [0, 0.1) is 0 Å². The molecule has 0 bridgehead atoms. The summed E-state index contributed by atoms with van der Waals surface area (Å²) in [6, 6.07) is 17.6. The van der Waals surface area contributed by atoms with Crippen molar-refractivity contribution in [1.82, 2.24) is 19.9 Å². The molecule has 1 amide bonds. The topological polar surface area (TPSA) is 51.0 Å². The molecule has 0 saturated heterocycles. The number of benzene rings is 2. The summed E-state index contributed by atoms with van der Waals surface area (Å²) in [5.41, 5.74) is 2.78. The van der Waals surface area contributed by atoms with Gasteiger partial charge in [-0.3, -0.25) is 4.79 Å². The molecular formula is C17H18N4O. The molecule has 5 nitrogen and oxygen atoms in total. The summed E-state index contributed by atoms with van der Waals surface area (Å²) >= 11 is 0. The molecule has 0 unspecified atom stereocenters. The summed E-state index contributed by atoms with van der Waals surface area (Å²) in [5.74, 6) is 0.00649. The van der Waals surface area contributed by atoms with Crippen LogP contribution in [-0.2, 0) is 11.3 Å². The number of hydrogen-bond donors (Lipinski definition) is 0. The van der Waals surface area contributed by atoms with Gasteiger partial charge in [-0.1, -0.05) is 47.7 Å². The monoisotopic (exact) mass is 294 g/mol. The van der Waals surface area contributed by atoms with E-state index < -0.39 is 0 Å². The Kier molecular flexibility index (Phi) is 3.87. The van der Waals surface area contributed by atoms with Gasteiger partial charge in [-0.25, -0.2) is 4.68 Å². The van der Waals surface area contributed by atoms with Gasteiger partial charge in [-0.05, 0) is 24.6 Å². The first-order chi connectivity index (χ1) is 10.7. The fraction of sp³-hybridized carbons (Fsp3) is 0.235. The van der Waals surface area contributed by atoms with Crippen LogP contribution in [0.2, 0.25) is 0 Å². The SMILES string of the molecule is C[C@H](c1ccccc1)N(C)C(=O)Cn1nnc2ccccc21. The zero-order valence-electron chi connectivity index (χ0n) is 12.7. The Morgan fingerprint density at radius 1 is 1.14 bits per heavy atom. The van der Waals surface area contributed by atoms with Crippen LogP contribution in [0.1, 0.15) is 18.5 Å². The summed E-state index contributed by atoms with van der Waals surface area (Å²) in [6.07, 6.45) is 0. The third-order valence-corrected chi connectivity index (χ3v) is 3.96. The molecule has 0 fully saturated rings. The van der Waals surface area contributed by atoms with Crippen LogP contribution in [0.4, 0.5) is 0 Å². The Balaban J connectivity index is 1.76. The zero-order valence-corrected chi connectivity index (χ0v) is 12.7. The lowest BCUT2D eigenvalue weighted by Crippen LogP contribution is -2.32. The molecular weight excluding hydrogens is 276 g/mol. The molecule has 5 heteroatoms. The van der Waals surface area contributed by atoms with Crippen LogP contribution >= 0.6 is 0 Å². The predicted octanol–water partition coefficient (Wildman–Crippen LogP) is 2.65. The van der Waals surface area contributed by atoms with E-state index in [2.05, 4.69) is 10.3 Å². The molecule has 0 saturated carbocycles. The number of para-hydroxylation sites is 1. The molecule has 0 aliphatic carbocycles. The molecule has 0 N–H and O–H groups in total. The summed E-state index contributed by atoms with van der Waals surface area (Å²) in [5, 5.41) is 8.15. The molecule has 2 aromatic carbocycles. The van der Waals surface area contributed by atoms with E-state index in [0.717, 1.165) is 16.6 Å². The smallest absolute Gasteiger partial charge is 0.244 e. The average Bonchev–Trinajstić information content (AvgIpc) is 2.97. The van der Waals surface area contributed by atoms with Gasteiger partial charge in [0.05, 0.1) is 11.6 Å². The zero-order chi connectivity index (χ0) is 15.5. The standard InChI is InChI=1S/C17H18N4O/c1-13(14-8-4-3-5-9-14)20(2)17(22)12-21-16-11-7-6-10-15(16)18-19-21/h3-11,13H,12H2,1-2H3/t13-/m1/s1. The fourth-order valence-corrected chi connectivity index (χ4v) is 2.44. The van der Waals surface area contributed by atoms with Crippen LogP contribution in [0.25, 0.3) is 11.0 Å². The first-order valence-electron chi connectivity index (χ1n) is 7.25. The normalized spacial score (nSPS) is 12.3. The molecule has 0 radical (unpaired) electrons. The molecule has 0 aliphatic heterocycles. The molecule has 0 spiro atoms. The molecule has 0 aliphatic rings. The van der Waals surface area contributed by atoms with Gasteiger partial charge in [0.1, 0.15) is 12.1 Å². The van der Waals surface area contributed by atoms with Crippen LogP contribution in [0.15, 0.2) is 54.6 Å². The second-order valence-electron chi connectivity index (χ2n) is 5.33. The van der Waals surface area contributed by atoms with E-state index in [-0.39, 0.29) is 18.5 Å². The van der Waals surface area contributed by atoms with Crippen molar-refractivity contribution in [3.63, 3.8) is 0 Å². The van der Waals surface area contributed by atoms with Gasteiger partial charge in [0.25, 0.3) is 0 Å². The van der Waals surface area contributed by atoms with E-state index in [1.807, 2.05) is 68.6 Å². The predicted molar refractivity (Wildman–Crippen MR) is 85.2 cm³/mol. The van der Waals surface area contributed by atoms with E-state index in [1.165, 1.54) is 0 Å². The number of likely N-dealkylation sites (N-methyl/N-ethyl adjacent to an activating group) is 1. The minimum Gasteiger partial charge on any atom is -0.337 e. The van der Waals surface area contributed by atoms with Crippen molar-refractivity contribution in [3.8, 4) is 0 Å². The minimum atomic E-state index is 0.00649. The van der Waals surface area contributed by atoms with E-state index in [4.69, 9.17) is 0 Å². The molecule has 22 heavy (non-hydrogen) atoms. The third-order valence-electron chi connectivity index (χ3n) is 3.96. The van der Waals surface area contributed by atoms with Crippen molar-refractivity contribution < 1.29 is 4.79 Å². The maximum atomic E-state index is 12.5. The van der Waals surface area contributed by atoms with E-state index in [0.29, 0.717) is 0 Å². The van der Waals surface area contributed by atoms with Crippen molar-refractivity contribution in [2.75, 3.05) is 7.05 Å². The Bertz CT molecular complexity index is 781. The summed E-state index contributed by atoms with van der Waals surface area (Å²) in [6.45, 7) is 2.21. The number of carbonyl (C=O) groups is 1. The van der Waals surface area contributed by atoms with Gasteiger partial charge >= 0.3 is 0 Å². The third kappa shape index (κ3) is 2.70. The summed E-state index contributed by atoms with van der Waals surface area (Å²) in [7, 11) is 1.82. The largest absolute Gasteiger partial charge is 0.337 e. The quantitative estimate of drug-likeness (QED) is 0.743.